The number of nitrogens with two attached hydrogens (primary N) is 1. The van der Waals surface area contributed by atoms with Gasteiger partial charge in [0.25, 0.3) is 0 Å². The van der Waals surface area contributed by atoms with E-state index in [9.17, 15) is 4.39 Å². The zero-order valence-electron chi connectivity index (χ0n) is 5.58. The van der Waals surface area contributed by atoms with Crippen LogP contribution in [0, 0.1) is 5.82 Å². The number of rotatable bonds is 0. The van der Waals surface area contributed by atoms with Crippen LogP contribution in [0.2, 0.25) is 0 Å². The van der Waals surface area contributed by atoms with Crippen LogP contribution >= 0.6 is 11.8 Å². The largest absolute Gasteiger partial charge is 0.465 e. The SMILES string of the molecule is N[C@H]1Oc2cc(F)ccc2S1. The number of thioether (sulfide) groups is 1. The fourth-order valence-corrected chi connectivity index (χ4v) is 1.72. The quantitative estimate of drug-likeness (QED) is 0.643. The minimum absolute atomic E-state index is 0.293. The van der Waals surface area contributed by atoms with E-state index >= 15 is 0 Å². The maximum absolute atomic E-state index is 12.6. The summed E-state index contributed by atoms with van der Waals surface area (Å²) in [5.74, 6) is 0.251. The van der Waals surface area contributed by atoms with E-state index < -0.39 is 0 Å². The molecule has 0 amide bonds. The molecule has 0 aliphatic carbocycles. The van der Waals surface area contributed by atoms with Crippen LogP contribution in [-0.2, 0) is 0 Å². The summed E-state index contributed by atoms with van der Waals surface area (Å²) < 4.78 is 17.6. The van der Waals surface area contributed by atoms with Gasteiger partial charge in [0.1, 0.15) is 11.6 Å². The smallest absolute Gasteiger partial charge is 0.200 e. The Morgan fingerprint density at radius 2 is 2.36 bits per heavy atom. The van der Waals surface area contributed by atoms with Crippen molar-refractivity contribution in [3.63, 3.8) is 0 Å². The van der Waals surface area contributed by atoms with Gasteiger partial charge in [-0.15, -0.1) is 0 Å². The van der Waals surface area contributed by atoms with E-state index in [1.165, 1.54) is 23.9 Å². The highest BCUT2D eigenvalue weighted by atomic mass is 32.2. The third-order valence-electron chi connectivity index (χ3n) is 1.39. The van der Waals surface area contributed by atoms with E-state index in [0.717, 1.165) is 4.90 Å². The second-order valence-corrected chi connectivity index (χ2v) is 3.34. The van der Waals surface area contributed by atoms with Crippen molar-refractivity contribution in [1.29, 1.82) is 0 Å². The van der Waals surface area contributed by atoms with E-state index in [2.05, 4.69) is 0 Å². The maximum atomic E-state index is 12.6. The molecule has 1 heterocycles. The Balaban J connectivity index is 2.43. The maximum Gasteiger partial charge on any atom is 0.200 e. The van der Waals surface area contributed by atoms with Gasteiger partial charge in [0, 0.05) is 6.07 Å². The number of fused-ring (bicyclic) bond motifs is 1. The van der Waals surface area contributed by atoms with Gasteiger partial charge in [-0.2, -0.15) is 0 Å². The fourth-order valence-electron chi connectivity index (χ4n) is 0.946. The van der Waals surface area contributed by atoms with E-state index in [0.29, 0.717) is 5.75 Å². The summed E-state index contributed by atoms with van der Waals surface area (Å²) in [5, 5.41) is 0. The third kappa shape index (κ3) is 1.19. The van der Waals surface area contributed by atoms with E-state index in [1.807, 2.05) is 0 Å². The summed E-state index contributed by atoms with van der Waals surface area (Å²) in [6.45, 7) is 0. The van der Waals surface area contributed by atoms with Gasteiger partial charge < -0.3 is 4.74 Å². The van der Waals surface area contributed by atoms with Crippen molar-refractivity contribution < 1.29 is 9.13 Å². The van der Waals surface area contributed by atoms with Gasteiger partial charge in [-0.05, 0) is 12.1 Å². The minimum Gasteiger partial charge on any atom is -0.465 e. The molecule has 1 atom stereocenters. The Morgan fingerprint density at radius 1 is 1.55 bits per heavy atom. The molecule has 58 valence electrons. The average molecular weight is 171 g/mol. The van der Waals surface area contributed by atoms with Crippen molar-refractivity contribution in [2.75, 3.05) is 0 Å². The highest BCUT2D eigenvalue weighted by Crippen LogP contribution is 2.38. The predicted octanol–water partition coefficient (Wildman–Crippen LogP) is 1.55. The first kappa shape index (κ1) is 6.94. The Labute approximate surface area is 67.5 Å². The molecular formula is C7H6FNOS. The lowest BCUT2D eigenvalue weighted by Crippen LogP contribution is -2.18. The molecule has 0 spiro atoms. The van der Waals surface area contributed by atoms with Crippen molar-refractivity contribution in [2.24, 2.45) is 5.73 Å². The molecule has 1 aliphatic heterocycles. The van der Waals surface area contributed by atoms with Crippen LogP contribution in [0.3, 0.4) is 0 Å². The summed E-state index contributed by atoms with van der Waals surface area (Å²) in [6, 6.07) is 4.41. The highest BCUT2D eigenvalue weighted by molar-refractivity contribution is 8.00. The summed E-state index contributed by atoms with van der Waals surface area (Å²) in [7, 11) is 0. The molecule has 1 aromatic carbocycles. The number of hydrogen-bond donors (Lipinski definition) is 1. The summed E-state index contributed by atoms with van der Waals surface area (Å²) in [4.78, 5) is 0.902. The third-order valence-corrected chi connectivity index (χ3v) is 2.31. The van der Waals surface area contributed by atoms with E-state index in [-0.39, 0.29) is 11.4 Å². The fraction of sp³-hybridized carbons (Fsp3) is 0.143. The van der Waals surface area contributed by atoms with Crippen LogP contribution in [-0.4, -0.2) is 5.56 Å². The van der Waals surface area contributed by atoms with Crippen molar-refractivity contribution in [3.8, 4) is 5.75 Å². The second-order valence-electron chi connectivity index (χ2n) is 2.20. The van der Waals surface area contributed by atoms with Crippen molar-refractivity contribution in [1.82, 2.24) is 0 Å². The molecule has 2 N–H and O–H groups in total. The molecule has 0 saturated heterocycles. The summed E-state index contributed by atoms with van der Waals surface area (Å²) >= 11 is 1.39. The van der Waals surface area contributed by atoms with Gasteiger partial charge in [-0.1, -0.05) is 11.8 Å². The van der Waals surface area contributed by atoms with Gasteiger partial charge in [-0.25, -0.2) is 4.39 Å². The second kappa shape index (κ2) is 2.39. The van der Waals surface area contributed by atoms with Crippen LogP contribution in [0.25, 0.3) is 0 Å². The normalized spacial score (nSPS) is 21.1. The minimum atomic E-state index is -0.383. The molecule has 0 unspecified atom stereocenters. The highest BCUT2D eigenvalue weighted by Gasteiger charge is 2.19. The number of benzene rings is 1. The van der Waals surface area contributed by atoms with Crippen LogP contribution in [0.15, 0.2) is 23.1 Å². The first-order chi connectivity index (χ1) is 5.25. The molecule has 2 nitrogen and oxygen atoms in total. The van der Waals surface area contributed by atoms with Gasteiger partial charge in [0.05, 0.1) is 4.90 Å². The lowest BCUT2D eigenvalue weighted by molar-refractivity contribution is 0.302. The van der Waals surface area contributed by atoms with Crippen molar-refractivity contribution >= 4 is 11.8 Å². The molecule has 11 heavy (non-hydrogen) atoms. The zero-order chi connectivity index (χ0) is 7.84. The van der Waals surface area contributed by atoms with Gasteiger partial charge >= 0.3 is 0 Å². The molecule has 2 rings (SSSR count). The molecule has 0 aromatic heterocycles. The number of halogens is 1. The topological polar surface area (TPSA) is 35.2 Å². The van der Waals surface area contributed by atoms with Crippen LogP contribution in [0.4, 0.5) is 4.39 Å². The van der Waals surface area contributed by atoms with Crippen molar-refractivity contribution in [2.45, 2.75) is 10.5 Å². The Hall–Kier alpha value is -0.740. The monoisotopic (exact) mass is 171 g/mol. The molecule has 4 heteroatoms. The van der Waals surface area contributed by atoms with Gasteiger partial charge in [-0.3, -0.25) is 5.73 Å². The van der Waals surface area contributed by atoms with Crippen LogP contribution in [0.5, 0.6) is 5.75 Å². The van der Waals surface area contributed by atoms with Crippen LogP contribution < -0.4 is 10.5 Å². The molecule has 0 saturated carbocycles. The van der Waals surface area contributed by atoms with Gasteiger partial charge in [0.2, 0.25) is 5.56 Å². The number of ether oxygens (including phenoxy) is 1. The summed E-state index contributed by atoms with van der Waals surface area (Å²) in [5.41, 5.74) is 5.07. The van der Waals surface area contributed by atoms with Crippen molar-refractivity contribution in [3.05, 3.63) is 24.0 Å². The molecule has 0 fully saturated rings. The Kier molecular flexibility index (Phi) is 1.51. The average Bonchev–Trinajstić information content (AvgIpc) is 2.27. The summed E-state index contributed by atoms with van der Waals surface area (Å²) in [6.07, 6.45) is 0. The van der Waals surface area contributed by atoms with E-state index in [4.69, 9.17) is 10.5 Å². The Morgan fingerprint density at radius 3 is 3.18 bits per heavy atom. The Bertz CT molecular complexity index is 292. The van der Waals surface area contributed by atoms with Gasteiger partial charge in [0.15, 0.2) is 0 Å². The number of hydrogen-bond acceptors (Lipinski definition) is 3. The lowest BCUT2D eigenvalue weighted by Gasteiger charge is -1.99. The lowest BCUT2D eigenvalue weighted by atomic mass is 10.3. The molecular weight excluding hydrogens is 165 g/mol. The zero-order valence-corrected chi connectivity index (χ0v) is 6.40. The molecule has 0 radical (unpaired) electrons. The first-order valence-electron chi connectivity index (χ1n) is 3.14. The molecule has 0 bridgehead atoms. The predicted molar refractivity (Wildman–Crippen MR) is 40.9 cm³/mol. The van der Waals surface area contributed by atoms with E-state index in [1.54, 1.807) is 6.07 Å². The molecule has 1 aromatic rings. The first-order valence-corrected chi connectivity index (χ1v) is 4.02. The van der Waals surface area contributed by atoms with Crippen LogP contribution in [0.1, 0.15) is 0 Å². The molecule has 1 aliphatic rings. The standard InChI is InChI=1S/C7H6FNOS/c8-4-1-2-6-5(3-4)10-7(9)11-6/h1-3,7H,9H2/t7-/m0/s1.